The molecule has 1 aliphatic carbocycles. The van der Waals surface area contributed by atoms with E-state index in [0.717, 1.165) is 5.56 Å². The van der Waals surface area contributed by atoms with Gasteiger partial charge in [0.1, 0.15) is 17.0 Å². The van der Waals surface area contributed by atoms with Crippen LogP contribution in [0, 0.1) is 0 Å². The third-order valence-electron chi connectivity index (χ3n) is 4.50. The summed E-state index contributed by atoms with van der Waals surface area (Å²) in [6, 6.07) is 9.09. The molecule has 1 fully saturated rings. The van der Waals surface area contributed by atoms with Crippen molar-refractivity contribution in [3.05, 3.63) is 47.3 Å². The maximum absolute atomic E-state index is 11.0. The molecule has 6 heteroatoms. The van der Waals surface area contributed by atoms with Gasteiger partial charge < -0.3 is 10.3 Å². The Bertz CT molecular complexity index is 630. The molecule has 2 heterocycles. The van der Waals surface area contributed by atoms with Crippen molar-refractivity contribution in [1.82, 2.24) is 15.4 Å². The van der Waals surface area contributed by atoms with Gasteiger partial charge in [-0.2, -0.15) is 5.06 Å². The summed E-state index contributed by atoms with van der Waals surface area (Å²) >= 11 is 0. The molecule has 2 N–H and O–H groups in total. The lowest BCUT2D eigenvalue weighted by molar-refractivity contribution is -0.163. The fraction of sp³-hybridized carbons (Fsp3) is 0.429. The molecule has 2 aliphatic rings. The second kappa shape index (κ2) is 4.12. The Morgan fingerprint density at radius 2 is 2.05 bits per heavy atom. The predicted octanol–water partition coefficient (Wildman–Crippen LogP) is 1.41. The number of aliphatic hydroxyl groups is 1. The van der Waals surface area contributed by atoms with Crippen LogP contribution in [0.15, 0.2) is 35.0 Å². The summed E-state index contributed by atoms with van der Waals surface area (Å²) in [5.74, 6) is 0. The quantitative estimate of drug-likeness (QED) is 0.817. The Morgan fingerprint density at radius 1 is 1.25 bits per heavy atom. The number of hydroxylamine groups is 2. The third-order valence-corrected chi connectivity index (χ3v) is 4.50. The van der Waals surface area contributed by atoms with E-state index in [9.17, 15) is 10.3 Å². The van der Waals surface area contributed by atoms with Crippen LogP contribution in [-0.2, 0) is 12.0 Å². The number of aryl methyl sites for hydroxylation is 1. The average molecular weight is 273 g/mol. The summed E-state index contributed by atoms with van der Waals surface area (Å²) in [4.78, 5) is 0. The molecule has 1 aromatic carbocycles. The van der Waals surface area contributed by atoms with Crippen LogP contribution in [-0.4, -0.2) is 31.7 Å². The van der Waals surface area contributed by atoms with Gasteiger partial charge >= 0.3 is 0 Å². The van der Waals surface area contributed by atoms with E-state index in [4.69, 9.17) is 4.63 Å². The number of aromatic nitrogens is 2. The van der Waals surface area contributed by atoms with Gasteiger partial charge in [0.05, 0.1) is 12.1 Å². The van der Waals surface area contributed by atoms with Crippen molar-refractivity contribution in [2.75, 3.05) is 0 Å². The maximum Gasteiger partial charge on any atom is 0.141 e. The summed E-state index contributed by atoms with van der Waals surface area (Å²) in [6.45, 7) is 0. The number of benzene rings is 1. The van der Waals surface area contributed by atoms with Gasteiger partial charge in [-0.25, -0.2) is 4.63 Å². The number of rotatable bonds is 1. The molecule has 104 valence electrons. The Hall–Kier alpha value is -1.76. The van der Waals surface area contributed by atoms with Crippen LogP contribution in [0.3, 0.4) is 0 Å². The smallest absolute Gasteiger partial charge is 0.141 e. The first-order valence-corrected chi connectivity index (χ1v) is 6.76. The molecule has 0 radical (unpaired) electrons. The van der Waals surface area contributed by atoms with Gasteiger partial charge in [-0.1, -0.05) is 40.6 Å². The van der Waals surface area contributed by atoms with Crippen LogP contribution in [0.5, 0.6) is 0 Å². The predicted molar refractivity (Wildman–Crippen MR) is 67.7 cm³/mol. The molecule has 2 aromatic rings. The van der Waals surface area contributed by atoms with Crippen molar-refractivity contribution in [2.45, 2.75) is 36.9 Å². The minimum Gasteiger partial charge on any atom is -0.382 e. The van der Waals surface area contributed by atoms with Crippen molar-refractivity contribution in [1.29, 1.82) is 0 Å². The molecule has 20 heavy (non-hydrogen) atoms. The Labute approximate surface area is 115 Å². The van der Waals surface area contributed by atoms with Crippen molar-refractivity contribution in [3.63, 3.8) is 0 Å². The molecular weight excluding hydrogens is 258 g/mol. The van der Waals surface area contributed by atoms with Gasteiger partial charge in [0.15, 0.2) is 0 Å². The summed E-state index contributed by atoms with van der Waals surface area (Å²) in [6.07, 6.45) is 1.68. The van der Waals surface area contributed by atoms with Gasteiger partial charge in [0.2, 0.25) is 0 Å². The fourth-order valence-corrected chi connectivity index (χ4v) is 3.50. The van der Waals surface area contributed by atoms with Gasteiger partial charge in [0, 0.05) is 6.42 Å². The van der Waals surface area contributed by atoms with E-state index in [0.29, 0.717) is 30.7 Å². The van der Waals surface area contributed by atoms with E-state index in [1.54, 1.807) is 0 Å². The monoisotopic (exact) mass is 273 g/mol. The zero-order chi connectivity index (χ0) is 13.7. The van der Waals surface area contributed by atoms with E-state index in [1.165, 1.54) is 5.06 Å². The lowest BCUT2D eigenvalue weighted by atomic mass is 9.80. The van der Waals surface area contributed by atoms with Crippen molar-refractivity contribution in [3.8, 4) is 0 Å². The van der Waals surface area contributed by atoms with Crippen molar-refractivity contribution in [2.24, 2.45) is 0 Å². The number of hydrogen-bond acceptors (Lipinski definition) is 6. The molecule has 0 spiro atoms. The maximum atomic E-state index is 11.0. The third kappa shape index (κ3) is 1.49. The number of fused-ring (bicyclic) bond motifs is 3. The van der Waals surface area contributed by atoms with E-state index >= 15 is 0 Å². The summed E-state index contributed by atoms with van der Waals surface area (Å²) in [7, 11) is 0. The second-order valence-corrected chi connectivity index (χ2v) is 5.55. The average Bonchev–Trinajstić information content (AvgIpc) is 3.04. The van der Waals surface area contributed by atoms with Crippen LogP contribution in [0.2, 0.25) is 0 Å². The van der Waals surface area contributed by atoms with Crippen LogP contribution >= 0.6 is 0 Å². The van der Waals surface area contributed by atoms with Crippen LogP contribution in [0.4, 0.5) is 0 Å². The minimum atomic E-state index is -1.19. The molecular formula is C14H15N3O3. The molecule has 0 bridgehead atoms. The van der Waals surface area contributed by atoms with E-state index in [-0.39, 0.29) is 12.1 Å². The highest BCUT2D eigenvalue weighted by molar-refractivity contribution is 5.30. The SMILES string of the molecule is ON1[C@H](c2ccccc2)C[C@@]2(O)c3nonc3CC[C@@H]12. The molecule has 3 atom stereocenters. The topological polar surface area (TPSA) is 82.6 Å². The highest BCUT2D eigenvalue weighted by atomic mass is 16.6. The number of hydrogen-bond donors (Lipinski definition) is 2. The standard InChI is InChI=1S/C14H15N3O3/c18-14-8-11(9-4-2-1-3-5-9)17(19)12(14)7-6-10-13(14)16-20-15-10/h1-5,11-12,18-19H,6-8H2/t11-,12+,14-/m0/s1. The van der Waals surface area contributed by atoms with Gasteiger partial charge in [0.25, 0.3) is 0 Å². The molecule has 0 amide bonds. The number of nitrogens with zero attached hydrogens (tertiary/aromatic N) is 3. The van der Waals surface area contributed by atoms with Crippen LogP contribution in [0.1, 0.15) is 35.8 Å². The van der Waals surface area contributed by atoms with E-state index < -0.39 is 5.60 Å². The summed E-state index contributed by atoms with van der Waals surface area (Å²) in [5.41, 5.74) is 0.968. The lowest BCUT2D eigenvalue weighted by Crippen LogP contribution is -2.45. The van der Waals surface area contributed by atoms with E-state index in [1.807, 2.05) is 30.3 Å². The normalized spacial score (nSPS) is 32.9. The van der Waals surface area contributed by atoms with Gasteiger partial charge in [-0.05, 0) is 18.4 Å². The zero-order valence-electron chi connectivity index (χ0n) is 10.8. The molecule has 1 aromatic heterocycles. The van der Waals surface area contributed by atoms with Crippen LogP contribution < -0.4 is 0 Å². The molecule has 1 aliphatic heterocycles. The lowest BCUT2D eigenvalue weighted by Gasteiger charge is -2.33. The van der Waals surface area contributed by atoms with Crippen LogP contribution in [0.25, 0.3) is 0 Å². The van der Waals surface area contributed by atoms with Crippen molar-refractivity contribution < 1.29 is 14.9 Å². The highest BCUT2D eigenvalue weighted by Crippen LogP contribution is 2.50. The molecule has 0 unspecified atom stereocenters. The first-order valence-electron chi connectivity index (χ1n) is 6.76. The van der Waals surface area contributed by atoms with Gasteiger partial charge in [-0.3, -0.25) is 0 Å². The minimum absolute atomic E-state index is 0.242. The van der Waals surface area contributed by atoms with Gasteiger partial charge in [-0.15, -0.1) is 0 Å². The Morgan fingerprint density at radius 3 is 2.85 bits per heavy atom. The second-order valence-electron chi connectivity index (χ2n) is 5.55. The fourth-order valence-electron chi connectivity index (χ4n) is 3.50. The Balaban J connectivity index is 1.76. The van der Waals surface area contributed by atoms with E-state index in [2.05, 4.69) is 10.3 Å². The Kier molecular flexibility index (Phi) is 2.47. The van der Waals surface area contributed by atoms with Crippen molar-refractivity contribution >= 4 is 0 Å². The molecule has 6 nitrogen and oxygen atoms in total. The summed E-state index contributed by atoms with van der Waals surface area (Å²) in [5, 5.41) is 30.4. The highest BCUT2D eigenvalue weighted by Gasteiger charge is 2.57. The summed E-state index contributed by atoms with van der Waals surface area (Å²) < 4.78 is 4.76. The first-order chi connectivity index (χ1) is 9.70. The first kappa shape index (κ1) is 12.0. The largest absolute Gasteiger partial charge is 0.382 e. The molecule has 1 saturated heterocycles. The molecule has 0 saturated carbocycles. The zero-order valence-corrected chi connectivity index (χ0v) is 10.8. The molecule has 4 rings (SSSR count).